The van der Waals surface area contributed by atoms with E-state index >= 15 is 0 Å². The quantitative estimate of drug-likeness (QED) is 0.481. The van der Waals surface area contributed by atoms with Gasteiger partial charge in [0.1, 0.15) is 0 Å². The molecule has 0 aliphatic carbocycles. The van der Waals surface area contributed by atoms with Gasteiger partial charge in [0.25, 0.3) is 5.91 Å². The predicted octanol–water partition coefficient (Wildman–Crippen LogP) is 3.80. The first kappa shape index (κ1) is 18.4. The Labute approximate surface area is 149 Å². The zero-order valence-corrected chi connectivity index (χ0v) is 14.4. The number of hydrogen-bond donors (Lipinski definition) is 1. The molecule has 0 unspecified atom stereocenters. The minimum absolute atomic E-state index is 0.161. The van der Waals surface area contributed by atoms with Crippen molar-refractivity contribution in [1.29, 1.82) is 0 Å². The van der Waals surface area contributed by atoms with E-state index in [1.54, 1.807) is 44.2 Å². The predicted molar refractivity (Wildman–Crippen MR) is 95.4 cm³/mol. The molecule has 0 aliphatic rings. The fourth-order valence-electron chi connectivity index (χ4n) is 2.07. The van der Waals surface area contributed by atoms with Crippen LogP contribution in [-0.4, -0.2) is 23.1 Å². The number of benzene rings is 2. The Morgan fingerprint density at radius 2 is 2.04 bits per heavy atom. The normalized spacial score (nSPS) is 11.1. The monoisotopic (exact) mass is 361 g/mol. The summed E-state index contributed by atoms with van der Waals surface area (Å²) in [4.78, 5) is 22.7. The fourth-order valence-corrected chi connectivity index (χ4v) is 2.29. The van der Waals surface area contributed by atoms with Crippen molar-refractivity contribution < 1.29 is 14.5 Å². The summed E-state index contributed by atoms with van der Waals surface area (Å²) < 4.78 is 5.24. The van der Waals surface area contributed by atoms with Crippen LogP contribution in [0.3, 0.4) is 0 Å². The standard InChI is InChI=1S/C17H16ClN3O4/c1-3-25-16-9-8-12(10-15(16)21(23)24)11(2)19-20-17(22)13-6-4-5-7-14(13)18/h4-10H,3H2,1-2H3,(H,20,22)/b19-11-. The maximum atomic E-state index is 12.1. The fraction of sp³-hybridized carbons (Fsp3) is 0.176. The van der Waals surface area contributed by atoms with Crippen molar-refractivity contribution in [2.24, 2.45) is 5.10 Å². The van der Waals surface area contributed by atoms with Crippen LogP contribution >= 0.6 is 11.6 Å². The van der Waals surface area contributed by atoms with Gasteiger partial charge in [0.15, 0.2) is 5.75 Å². The van der Waals surface area contributed by atoms with Crippen LogP contribution in [0, 0.1) is 10.1 Å². The topological polar surface area (TPSA) is 93.8 Å². The number of nitrogens with one attached hydrogen (secondary N) is 1. The second-order valence-corrected chi connectivity index (χ2v) is 5.40. The molecular formula is C17H16ClN3O4. The zero-order valence-electron chi connectivity index (χ0n) is 13.7. The van der Waals surface area contributed by atoms with Crippen molar-refractivity contribution in [3.05, 3.63) is 68.7 Å². The van der Waals surface area contributed by atoms with E-state index in [2.05, 4.69) is 10.5 Å². The van der Waals surface area contributed by atoms with E-state index < -0.39 is 10.8 Å². The first-order valence-electron chi connectivity index (χ1n) is 7.44. The van der Waals surface area contributed by atoms with Crippen LogP contribution in [-0.2, 0) is 0 Å². The molecule has 0 atom stereocenters. The van der Waals surface area contributed by atoms with Gasteiger partial charge < -0.3 is 4.74 Å². The summed E-state index contributed by atoms with van der Waals surface area (Å²) in [7, 11) is 0. The first-order chi connectivity index (χ1) is 11.9. The Hall–Kier alpha value is -2.93. The number of amides is 1. The average Bonchev–Trinajstić information content (AvgIpc) is 2.60. The number of rotatable bonds is 6. The third-order valence-corrected chi connectivity index (χ3v) is 3.65. The van der Waals surface area contributed by atoms with Crippen molar-refractivity contribution in [2.45, 2.75) is 13.8 Å². The van der Waals surface area contributed by atoms with E-state index in [-0.39, 0.29) is 11.4 Å². The van der Waals surface area contributed by atoms with Crippen LogP contribution in [0.1, 0.15) is 29.8 Å². The molecule has 0 heterocycles. The number of hydrazone groups is 1. The van der Waals surface area contributed by atoms with Crippen LogP contribution in [0.5, 0.6) is 5.75 Å². The lowest BCUT2D eigenvalue weighted by Crippen LogP contribution is -2.19. The van der Waals surface area contributed by atoms with E-state index in [9.17, 15) is 14.9 Å². The second-order valence-electron chi connectivity index (χ2n) is 4.99. The second kappa shape index (κ2) is 8.25. The Kier molecular flexibility index (Phi) is 6.08. The highest BCUT2D eigenvalue weighted by molar-refractivity contribution is 6.33. The molecule has 8 heteroatoms. The van der Waals surface area contributed by atoms with E-state index in [1.807, 2.05) is 0 Å². The molecule has 0 spiro atoms. The number of carbonyl (C=O) groups excluding carboxylic acids is 1. The molecule has 2 rings (SSSR count). The Morgan fingerprint density at radius 3 is 2.68 bits per heavy atom. The number of nitro benzene ring substituents is 1. The molecule has 130 valence electrons. The lowest BCUT2D eigenvalue weighted by Gasteiger charge is -2.07. The van der Waals surface area contributed by atoms with Gasteiger partial charge >= 0.3 is 5.69 Å². The molecule has 0 radical (unpaired) electrons. The van der Waals surface area contributed by atoms with Crippen LogP contribution in [0.2, 0.25) is 5.02 Å². The minimum Gasteiger partial charge on any atom is -0.487 e. The summed E-state index contributed by atoms with van der Waals surface area (Å²) in [5.74, 6) is -0.283. The van der Waals surface area contributed by atoms with Crippen LogP contribution in [0.4, 0.5) is 5.69 Å². The van der Waals surface area contributed by atoms with Crippen molar-refractivity contribution >= 4 is 28.9 Å². The summed E-state index contributed by atoms with van der Waals surface area (Å²) in [5, 5.41) is 15.5. The summed E-state index contributed by atoms with van der Waals surface area (Å²) in [5.41, 5.74) is 3.42. The smallest absolute Gasteiger partial charge is 0.311 e. The molecule has 0 aromatic heterocycles. The summed E-state index contributed by atoms with van der Waals surface area (Å²) >= 11 is 5.96. The summed E-state index contributed by atoms with van der Waals surface area (Å²) in [6.45, 7) is 3.70. The summed E-state index contributed by atoms with van der Waals surface area (Å²) in [6.07, 6.45) is 0. The highest BCUT2D eigenvalue weighted by Gasteiger charge is 2.17. The average molecular weight is 362 g/mol. The number of ether oxygens (including phenoxy) is 1. The molecule has 0 aliphatic heterocycles. The van der Waals surface area contributed by atoms with Gasteiger partial charge in [0.05, 0.1) is 27.8 Å². The maximum Gasteiger partial charge on any atom is 0.311 e. The van der Waals surface area contributed by atoms with Gasteiger partial charge in [-0.05, 0) is 38.1 Å². The number of halogens is 1. The lowest BCUT2D eigenvalue weighted by atomic mass is 10.1. The Bertz CT molecular complexity index is 836. The van der Waals surface area contributed by atoms with E-state index in [4.69, 9.17) is 16.3 Å². The molecule has 7 nitrogen and oxygen atoms in total. The van der Waals surface area contributed by atoms with Gasteiger partial charge in [0.2, 0.25) is 0 Å². The van der Waals surface area contributed by atoms with Gasteiger partial charge in [-0.1, -0.05) is 23.7 Å². The van der Waals surface area contributed by atoms with E-state index in [1.165, 1.54) is 12.1 Å². The molecule has 1 N–H and O–H groups in total. The Morgan fingerprint density at radius 1 is 1.32 bits per heavy atom. The first-order valence-corrected chi connectivity index (χ1v) is 7.82. The molecule has 0 saturated heterocycles. The molecule has 2 aromatic carbocycles. The molecule has 25 heavy (non-hydrogen) atoms. The van der Waals surface area contributed by atoms with Gasteiger partial charge in [0, 0.05) is 11.6 Å². The van der Waals surface area contributed by atoms with Gasteiger partial charge in [-0.15, -0.1) is 0 Å². The molecule has 0 fully saturated rings. The third kappa shape index (κ3) is 4.54. The minimum atomic E-state index is -0.524. The SMILES string of the molecule is CCOc1ccc(/C(C)=N\NC(=O)c2ccccc2Cl)cc1[N+](=O)[O-]. The Balaban J connectivity index is 2.22. The maximum absolute atomic E-state index is 12.1. The van der Waals surface area contributed by atoms with Crippen LogP contribution in [0.15, 0.2) is 47.6 Å². The highest BCUT2D eigenvalue weighted by atomic mass is 35.5. The highest BCUT2D eigenvalue weighted by Crippen LogP contribution is 2.28. The molecule has 2 aromatic rings. The number of carbonyl (C=O) groups is 1. The van der Waals surface area contributed by atoms with Crippen molar-refractivity contribution in [3.63, 3.8) is 0 Å². The number of hydrogen-bond acceptors (Lipinski definition) is 5. The van der Waals surface area contributed by atoms with E-state index in [0.717, 1.165) is 0 Å². The molecular weight excluding hydrogens is 346 g/mol. The zero-order chi connectivity index (χ0) is 18.4. The van der Waals surface area contributed by atoms with Gasteiger partial charge in [-0.25, -0.2) is 5.43 Å². The van der Waals surface area contributed by atoms with Crippen LogP contribution in [0.25, 0.3) is 0 Å². The van der Waals surface area contributed by atoms with Gasteiger partial charge in [-0.2, -0.15) is 5.10 Å². The third-order valence-electron chi connectivity index (χ3n) is 3.32. The van der Waals surface area contributed by atoms with Crippen molar-refractivity contribution in [3.8, 4) is 5.75 Å². The van der Waals surface area contributed by atoms with Crippen LogP contribution < -0.4 is 10.2 Å². The van der Waals surface area contributed by atoms with Crippen molar-refractivity contribution in [1.82, 2.24) is 5.43 Å². The molecule has 1 amide bonds. The largest absolute Gasteiger partial charge is 0.487 e. The van der Waals surface area contributed by atoms with Crippen molar-refractivity contribution in [2.75, 3.05) is 6.61 Å². The molecule has 0 saturated carbocycles. The lowest BCUT2D eigenvalue weighted by molar-refractivity contribution is -0.385. The molecule has 0 bridgehead atoms. The number of nitrogens with zero attached hydrogens (tertiary/aromatic N) is 2. The van der Waals surface area contributed by atoms with Gasteiger partial charge in [-0.3, -0.25) is 14.9 Å². The van der Waals surface area contributed by atoms with E-state index in [0.29, 0.717) is 28.5 Å². The summed E-state index contributed by atoms with van der Waals surface area (Å²) in [6, 6.07) is 11.1. The number of nitro groups is 1.